The maximum atomic E-state index is 6.31. The Balaban J connectivity index is 2.52. The van der Waals surface area contributed by atoms with E-state index in [0.29, 0.717) is 33.0 Å². The molecule has 0 aliphatic carbocycles. The van der Waals surface area contributed by atoms with E-state index in [1.54, 1.807) is 12.3 Å². The molecule has 0 aliphatic heterocycles. The molecule has 1 aromatic heterocycles. The number of hydrogen-bond donors (Lipinski definition) is 1. The molecule has 2 rings (SSSR count). The lowest BCUT2D eigenvalue weighted by molar-refractivity contribution is 0.395. The van der Waals surface area contributed by atoms with Gasteiger partial charge in [0.05, 0.1) is 24.4 Å². The molecule has 0 saturated carbocycles. The molecule has 1 aromatic carbocycles. The predicted octanol–water partition coefficient (Wildman–Crippen LogP) is 5.22. The van der Waals surface area contributed by atoms with Gasteiger partial charge in [0, 0.05) is 12.3 Å². The van der Waals surface area contributed by atoms with E-state index >= 15 is 0 Å². The van der Waals surface area contributed by atoms with Gasteiger partial charge in [0.15, 0.2) is 0 Å². The number of benzene rings is 1. The van der Waals surface area contributed by atoms with Gasteiger partial charge in [0.2, 0.25) is 0 Å². The molecule has 21 heavy (non-hydrogen) atoms. The molecule has 112 valence electrons. The van der Waals surface area contributed by atoms with E-state index in [2.05, 4.69) is 26.2 Å². The number of methoxy groups -OCH3 is 2. The third kappa shape index (κ3) is 3.36. The highest BCUT2D eigenvalue weighted by Crippen LogP contribution is 2.45. The maximum absolute atomic E-state index is 6.31. The fourth-order valence-electron chi connectivity index (χ4n) is 1.74. The highest BCUT2D eigenvalue weighted by molar-refractivity contribution is 9.10. The second-order valence-electron chi connectivity index (χ2n) is 4.25. The molecule has 0 fully saturated rings. The van der Waals surface area contributed by atoms with Crippen LogP contribution in [0.4, 0.5) is 11.5 Å². The highest BCUT2D eigenvalue weighted by Gasteiger charge is 2.18. The van der Waals surface area contributed by atoms with E-state index in [1.807, 2.05) is 13.0 Å². The molecule has 1 heterocycles. The summed E-state index contributed by atoms with van der Waals surface area (Å²) >= 11 is 16.1. The van der Waals surface area contributed by atoms with Crippen LogP contribution in [0.15, 0.2) is 22.8 Å². The molecule has 0 unspecified atom stereocenters. The number of aromatic nitrogens is 1. The van der Waals surface area contributed by atoms with E-state index in [0.717, 1.165) is 10.0 Å². The van der Waals surface area contributed by atoms with Crippen LogP contribution in [0.25, 0.3) is 0 Å². The van der Waals surface area contributed by atoms with Crippen molar-refractivity contribution in [3.8, 4) is 11.5 Å². The maximum Gasteiger partial charge on any atom is 0.144 e. The van der Waals surface area contributed by atoms with Crippen LogP contribution in [0.5, 0.6) is 11.5 Å². The van der Waals surface area contributed by atoms with Crippen molar-refractivity contribution in [2.24, 2.45) is 0 Å². The van der Waals surface area contributed by atoms with Crippen LogP contribution < -0.4 is 14.8 Å². The zero-order valence-corrected chi connectivity index (χ0v) is 14.7. The average molecular weight is 392 g/mol. The molecule has 0 atom stereocenters. The van der Waals surface area contributed by atoms with Crippen molar-refractivity contribution in [1.82, 2.24) is 4.98 Å². The second kappa shape index (κ2) is 6.73. The van der Waals surface area contributed by atoms with Gasteiger partial charge in [0.1, 0.15) is 27.4 Å². The molecule has 0 aliphatic rings. The summed E-state index contributed by atoms with van der Waals surface area (Å²) in [5.74, 6) is 1.52. The van der Waals surface area contributed by atoms with Crippen LogP contribution in [0.3, 0.4) is 0 Å². The van der Waals surface area contributed by atoms with Crippen LogP contribution in [0, 0.1) is 6.92 Å². The first-order valence-electron chi connectivity index (χ1n) is 5.97. The Labute approximate surface area is 141 Å². The summed E-state index contributed by atoms with van der Waals surface area (Å²) in [5, 5.41) is 3.82. The number of pyridine rings is 1. The Kier molecular flexibility index (Phi) is 5.19. The Morgan fingerprint density at radius 1 is 1.10 bits per heavy atom. The van der Waals surface area contributed by atoms with Gasteiger partial charge in [-0.25, -0.2) is 4.98 Å². The topological polar surface area (TPSA) is 43.4 Å². The van der Waals surface area contributed by atoms with Gasteiger partial charge >= 0.3 is 0 Å². The Hall–Kier alpha value is -1.17. The van der Waals surface area contributed by atoms with Gasteiger partial charge in [-0.3, -0.25) is 0 Å². The van der Waals surface area contributed by atoms with Crippen LogP contribution >= 0.6 is 39.1 Å². The largest absolute Gasteiger partial charge is 0.495 e. The summed E-state index contributed by atoms with van der Waals surface area (Å²) in [7, 11) is 3.05. The molecular formula is C14H13BrCl2N2O2. The van der Waals surface area contributed by atoms with Crippen molar-refractivity contribution in [3.05, 3.63) is 38.4 Å². The second-order valence-corrected chi connectivity index (χ2v) is 5.86. The third-order valence-electron chi connectivity index (χ3n) is 2.79. The highest BCUT2D eigenvalue weighted by atomic mass is 79.9. The quantitative estimate of drug-likeness (QED) is 0.775. The number of aryl methyl sites for hydroxylation is 1. The number of anilines is 2. The first-order valence-corrected chi connectivity index (χ1v) is 7.52. The van der Waals surface area contributed by atoms with E-state index in [1.165, 1.54) is 14.2 Å². The average Bonchev–Trinajstić information content (AvgIpc) is 2.46. The van der Waals surface area contributed by atoms with Gasteiger partial charge in [-0.2, -0.15) is 0 Å². The number of ether oxygens (including phenoxy) is 2. The fraction of sp³-hybridized carbons (Fsp3) is 0.214. The first kappa shape index (κ1) is 16.2. The monoisotopic (exact) mass is 390 g/mol. The predicted molar refractivity (Wildman–Crippen MR) is 89.5 cm³/mol. The van der Waals surface area contributed by atoms with E-state index in [9.17, 15) is 0 Å². The first-order chi connectivity index (χ1) is 9.97. The van der Waals surface area contributed by atoms with Crippen molar-refractivity contribution in [2.75, 3.05) is 19.5 Å². The van der Waals surface area contributed by atoms with Crippen molar-refractivity contribution >= 4 is 50.6 Å². The minimum Gasteiger partial charge on any atom is -0.495 e. The molecule has 0 bridgehead atoms. The molecule has 0 radical (unpaired) electrons. The zero-order valence-electron chi connectivity index (χ0n) is 11.6. The van der Waals surface area contributed by atoms with Gasteiger partial charge in [-0.05, 0) is 34.5 Å². The summed E-state index contributed by atoms with van der Waals surface area (Å²) in [6.45, 7) is 1.95. The summed E-state index contributed by atoms with van der Waals surface area (Å²) in [5.41, 5.74) is 1.51. The lowest BCUT2D eigenvalue weighted by Gasteiger charge is -2.16. The molecule has 0 saturated heterocycles. The Morgan fingerprint density at radius 3 is 2.14 bits per heavy atom. The number of halogens is 3. The summed E-state index contributed by atoms with van der Waals surface area (Å²) < 4.78 is 11.3. The zero-order chi connectivity index (χ0) is 15.6. The van der Waals surface area contributed by atoms with Crippen LogP contribution in [-0.2, 0) is 0 Å². The lowest BCUT2D eigenvalue weighted by atomic mass is 10.2. The molecule has 7 heteroatoms. The SMILES string of the molecule is COc1cc(OC)c(Cl)c(Nc2ncc(C)cc2Br)c1Cl. The van der Waals surface area contributed by atoms with Gasteiger partial charge in [0.25, 0.3) is 0 Å². The van der Waals surface area contributed by atoms with Crippen LogP contribution in [-0.4, -0.2) is 19.2 Å². The van der Waals surface area contributed by atoms with E-state index in [4.69, 9.17) is 32.7 Å². The van der Waals surface area contributed by atoms with Crippen LogP contribution in [0.2, 0.25) is 10.0 Å². The van der Waals surface area contributed by atoms with Crippen molar-refractivity contribution in [3.63, 3.8) is 0 Å². The molecule has 0 amide bonds. The number of hydrogen-bond acceptors (Lipinski definition) is 4. The summed E-state index contributed by atoms with van der Waals surface area (Å²) in [4.78, 5) is 4.31. The molecule has 1 N–H and O–H groups in total. The minimum absolute atomic E-state index is 0.359. The molecular weight excluding hydrogens is 379 g/mol. The van der Waals surface area contributed by atoms with Gasteiger partial charge in [-0.15, -0.1) is 0 Å². The smallest absolute Gasteiger partial charge is 0.144 e. The summed E-state index contributed by atoms with van der Waals surface area (Å²) in [6.07, 6.45) is 1.74. The summed E-state index contributed by atoms with van der Waals surface area (Å²) in [6, 6.07) is 3.57. The van der Waals surface area contributed by atoms with Gasteiger partial charge in [-0.1, -0.05) is 23.2 Å². The molecule has 4 nitrogen and oxygen atoms in total. The number of rotatable bonds is 4. The standard InChI is InChI=1S/C14H13BrCl2N2O2/c1-7-4-8(15)14(18-6-7)19-13-11(16)9(20-2)5-10(21-3)12(13)17/h4-6H,1-3H3,(H,18,19). The van der Waals surface area contributed by atoms with Crippen molar-refractivity contribution in [2.45, 2.75) is 6.92 Å². The minimum atomic E-state index is 0.359. The Bertz CT molecular complexity index is 652. The molecule has 2 aromatic rings. The normalized spacial score (nSPS) is 10.4. The number of nitrogens with zero attached hydrogens (tertiary/aromatic N) is 1. The molecule has 0 spiro atoms. The Morgan fingerprint density at radius 2 is 1.67 bits per heavy atom. The van der Waals surface area contributed by atoms with Crippen molar-refractivity contribution < 1.29 is 9.47 Å². The number of nitrogens with one attached hydrogen (secondary N) is 1. The van der Waals surface area contributed by atoms with Crippen molar-refractivity contribution in [1.29, 1.82) is 0 Å². The fourth-order valence-corrected chi connectivity index (χ4v) is 2.90. The van der Waals surface area contributed by atoms with Crippen LogP contribution in [0.1, 0.15) is 5.56 Å². The van der Waals surface area contributed by atoms with Gasteiger partial charge < -0.3 is 14.8 Å². The van der Waals surface area contributed by atoms with E-state index < -0.39 is 0 Å². The third-order valence-corrected chi connectivity index (χ3v) is 4.15. The lowest BCUT2D eigenvalue weighted by Crippen LogP contribution is -2.00. The van der Waals surface area contributed by atoms with E-state index in [-0.39, 0.29) is 0 Å².